The van der Waals surface area contributed by atoms with E-state index in [1.807, 2.05) is 7.05 Å². The van der Waals surface area contributed by atoms with Crippen LogP contribution in [-0.2, 0) is 6.54 Å². The highest BCUT2D eigenvalue weighted by Crippen LogP contribution is 2.38. The quantitative estimate of drug-likeness (QED) is 0.759. The van der Waals surface area contributed by atoms with Crippen LogP contribution in [0.5, 0.6) is 0 Å². The number of likely N-dealkylation sites (N-methyl/N-ethyl adjacent to an activating group) is 2. The molecule has 7 nitrogen and oxygen atoms in total. The molecule has 0 radical (unpaired) electrons. The second kappa shape index (κ2) is 7.04. The predicted molar refractivity (Wildman–Crippen MR) is 82.6 cm³/mol. The third-order valence-electron chi connectivity index (χ3n) is 4.41. The molecule has 1 atom stereocenters. The highest BCUT2D eigenvalue weighted by molar-refractivity contribution is 5.01. The van der Waals surface area contributed by atoms with Gasteiger partial charge in [-0.1, -0.05) is 5.16 Å². The van der Waals surface area contributed by atoms with E-state index in [2.05, 4.69) is 31.9 Å². The van der Waals surface area contributed by atoms with Crippen molar-refractivity contribution < 1.29 is 9.63 Å². The fraction of sp³-hybridized carbons (Fsp3) is 0.867. The molecule has 0 spiro atoms. The Labute approximate surface area is 131 Å². The van der Waals surface area contributed by atoms with Gasteiger partial charge in [0.05, 0.1) is 12.6 Å². The number of piperazine rings is 1. The van der Waals surface area contributed by atoms with Crippen molar-refractivity contribution in [2.45, 2.75) is 31.4 Å². The summed E-state index contributed by atoms with van der Waals surface area (Å²) in [5.41, 5.74) is 0. The Hall–Kier alpha value is -1.02. The molecule has 1 aliphatic carbocycles. The van der Waals surface area contributed by atoms with Crippen molar-refractivity contribution >= 4 is 0 Å². The maximum Gasteiger partial charge on any atom is 0.229 e. The van der Waals surface area contributed by atoms with Crippen molar-refractivity contribution in [1.29, 1.82) is 0 Å². The Kier molecular flexibility index (Phi) is 5.07. The fourth-order valence-corrected chi connectivity index (χ4v) is 2.88. The molecule has 1 N–H and O–H groups in total. The van der Waals surface area contributed by atoms with Gasteiger partial charge in [-0.3, -0.25) is 9.80 Å². The van der Waals surface area contributed by atoms with E-state index >= 15 is 0 Å². The zero-order valence-corrected chi connectivity index (χ0v) is 13.6. The summed E-state index contributed by atoms with van der Waals surface area (Å²) in [6.45, 7) is 6.21. The Morgan fingerprint density at radius 1 is 1.32 bits per heavy atom. The van der Waals surface area contributed by atoms with Crippen molar-refractivity contribution in [3.05, 3.63) is 11.7 Å². The van der Waals surface area contributed by atoms with Crippen molar-refractivity contribution in [2.75, 3.05) is 53.4 Å². The van der Waals surface area contributed by atoms with E-state index in [1.165, 1.54) is 12.8 Å². The van der Waals surface area contributed by atoms with Gasteiger partial charge in [-0.05, 0) is 26.9 Å². The normalized spacial score (nSPS) is 22.4. The van der Waals surface area contributed by atoms with E-state index in [9.17, 15) is 5.11 Å². The van der Waals surface area contributed by atoms with Crippen LogP contribution < -0.4 is 0 Å². The van der Waals surface area contributed by atoms with Crippen LogP contribution in [0, 0.1) is 0 Å². The van der Waals surface area contributed by atoms with E-state index in [0.717, 1.165) is 44.4 Å². The lowest BCUT2D eigenvalue weighted by Gasteiger charge is -2.34. The summed E-state index contributed by atoms with van der Waals surface area (Å²) in [4.78, 5) is 11.1. The smallest absolute Gasteiger partial charge is 0.229 e. The number of rotatable bonds is 7. The van der Waals surface area contributed by atoms with Gasteiger partial charge in [-0.15, -0.1) is 0 Å². The lowest BCUT2D eigenvalue weighted by atomic mass is 10.2. The molecule has 3 rings (SSSR count). The number of hydrogen-bond donors (Lipinski definition) is 1. The van der Waals surface area contributed by atoms with E-state index in [1.54, 1.807) is 0 Å². The lowest BCUT2D eigenvalue weighted by molar-refractivity contribution is 0.0588. The highest BCUT2D eigenvalue weighted by Gasteiger charge is 2.29. The molecular weight excluding hydrogens is 282 g/mol. The highest BCUT2D eigenvalue weighted by atomic mass is 16.5. The van der Waals surface area contributed by atoms with E-state index in [-0.39, 0.29) is 6.10 Å². The molecule has 1 aromatic rings. The Balaban J connectivity index is 1.39. The average molecular weight is 309 g/mol. The fourth-order valence-electron chi connectivity index (χ4n) is 2.88. The van der Waals surface area contributed by atoms with Crippen molar-refractivity contribution in [2.24, 2.45) is 0 Å². The summed E-state index contributed by atoms with van der Waals surface area (Å²) in [5, 5.41) is 14.3. The number of aliphatic hydroxyl groups is 1. The Morgan fingerprint density at radius 3 is 2.73 bits per heavy atom. The van der Waals surface area contributed by atoms with Crippen molar-refractivity contribution in [3.8, 4) is 0 Å². The molecule has 1 saturated carbocycles. The van der Waals surface area contributed by atoms with Crippen LogP contribution in [0.2, 0.25) is 0 Å². The van der Waals surface area contributed by atoms with E-state index in [0.29, 0.717) is 19.0 Å². The molecule has 2 heterocycles. The average Bonchev–Trinajstić information content (AvgIpc) is 3.22. The maximum absolute atomic E-state index is 10.3. The van der Waals surface area contributed by atoms with Crippen molar-refractivity contribution in [3.63, 3.8) is 0 Å². The van der Waals surface area contributed by atoms with Crippen LogP contribution in [0.4, 0.5) is 0 Å². The van der Waals surface area contributed by atoms with Crippen LogP contribution in [0.3, 0.4) is 0 Å². The third kappa shape index (κ3) is 4.49. The van der Waals surface area contributed by atoms with Crippen LogP contribution in [0.25, 0.3) is 0 Å². The standard InChI is InChI=1S/C15H27N5O2/c1-18-5-7-20(8-6-18)10-13(21)9-19(2)11-14-16-15(22-17-14)12-3-4-12/h12-13,21H,3-11H2,1-2H3. The molecule has 2 fully saturated rings. The minimum atomic E-state index is -0.344. The van der Waals surface area contributed by atoms with Gasteiger partial charge in [0.15, 0.2) is 5.82 Å². The van der Waals surface area contributed by atoms with Gasteiger partial charge >= 0.3 is 0 Å². The topological polar surface area (TPSA) is 68.9 Å². The first-order valence-corrected chi connectivity index (χ1v) is 8.20. The van der Waals surface area contributed by atoms with Gasteiger partial charge < -0.3 is 14.5 Å². The number of β-amino-alcohol motifs (C(OH)–C–C–N with tert-alkyl or cyclic N) is 1. The van der Waals surface area contributed by atoms with Gasteiger partial charge in [-0.25, -0.2) is 0 Å². The molecule has 7 heteroatoms. The summed E-state index contributed by atoms with van der Waals surface area (Å²) in [6.07, 6.45) is 1.99. The second-order valence-electron chi connectivity index (χ2n) is 6.78. The predicted octanol–water partition coefficient (Wildman–Crippen LogP) is -0.0129. The van der Waals surface area contributed by atoms with Crippen LogP contribution in [-0.4, -0.2) is 89.4 Å². The third-order valence-corrected chi connectivity index (χ3v) is 4.41. The largest absolute Gasteiger partial charge is 0.390 e. The molecule has 1 saturated heterocycles. The molecule has 1 aliphatic heterocycles. The first kappa shape index (κ1) is 15.9. The first-order valence-electron chi connectivity index (χ1n) is 8.20. The molecule has 0 amide bonds. The lowest BCUT2D eigenvalue weighted by Crippen LogP contribution is -2.48. The first-order chi connectivity index (χ1) is 10.6. The summed E-state index contributed by atoms with van der Waals surface area (Å²) in [7, 11) is 4.13. The minimum Gasteiger partial charge on any atom is -0.390 e. The summed E-state index contributed by atoms with van der Waals surface area (Å²) < 4.78 is 5.26. The van der Waals surface area contributed by atoms with Gasteiger partial charge in [0.25, 0.3) is 0 Å². The molecular formula is C15H27N5O2. The molecule has 124 valence electrons. The summed E-state index contributed by atoms with van der Waals surface area (Å²) in [6, 6.07) is 0. The molecule has 22 heavy (non-hydrogen) atoms. The van der Waals surface area contributed by atoms with Gasteiger partial charge in [0.2, 0.25) is 5.89 Å². The summed E-state index contributed by atoms with van der Waals surface area (Å²) >= 11 is 0. The molecule has 2 aliphatic rings. The Bertz CT molecular complexity index is 468. The van der Waals surface area contributed by atoms with E-state index < -0.39 is 0 Å². The van der Waals surface area contributed by atoms with Crippen LogP contribution >= 0.6 is 0 Å². The number of hydrogen-bond acceptors (Lipinski definition) is 7. The Morgan fingerprint density at radius 2 is 2.05 bits per heavy atom. The molecule has 0 bridgehead atoms. The van der Waals surface area contributed by atoms with Crippen molar-refractivity contribution in [1.82, 2.24) is 24.8 Å². The minimum absolute atomic E-state index is 0.344. The summed E-state index contributed by atoms with van der Waals surface area (Å²) in [5.74, 6) is 1.99. The number of aliphatic hydroxyl groups excluding tert-OH is 1. The van der Waals surface area contributed by atoms with Gasteiger partial charge in [0, 0.05) is 45.2 Å². The van der Waals surface area contributed by atoms with Crippen LogP contribution in [0.15, 0.2) is 4.52 Å². The van der Waals surface area contributed by atoms with Crippen LogP contribution in [0.1, 0.15) is 30.5 Å². The SMILES string of the molecule is CN1CCN(CC(O)CN(C)Cc2noc(C3CC3)n2)CC1. The zero-order valence-electron chi connectivity index (χ0n) is 13.6. The van der Waals surface area contributed by atoms with E-state index in [4.69, 9.17) is 4.52 Å². The molecule has 0 aromatic carbocycles. The maximum atomic E-state index is 10.3. The number of aromatic nitrogens is 2. The zero-order chi connectivity index (χ0) is 15.5. The molecule has 1 unspecified atom stereocenters. The monoisotopic (exact) mass is 309 g/mol. The van der Waals surface area contributed by atoms with Gasteiger partial charge in [-0.2, -0.15) is 4.98 Å². The second-order valence-corrected chi connectivity index (χ2v) is 6.78. The molecule has 1 aromatic heterocycles. The number of nitrogens with zero attached hydrogens (tertiary/aromatic N) is 5. The van der Waals surface area contributed by atoms with Gasteiger partial charge in [0.1, 0.15) is 0 Å².